The second-order valence-corrected chi connectivity index (χ2v) is 9.58. The smallest absolute Gasteiger partial charge is 0.272 e. The first kappa shape index (κ1) is 19.7. The van der Waals surface area contributed by atoms with Crippen LogP contribution in [0.1, 0.15) is 17.7 Å². The molecule has 0 amide bonds. The van der Waals surface area contributed by atoms with Gasteiger partial charge in [-0.15, -0.1) is 0 Å². The first-order chi connectivity index (χ1) is 15.0. The van der Waals surface area contributed by atoms with Gasteiger partial charge in [0.2, 0.25) is 0 Å². The Bertz CT molecular complexity index is 1400. The molecule has 4 aromatic rings. The summed E-state index contributed by atoms with van der Waals surface area (Å²) in [5, 5.41) is 5.19. The van der Waals surface area contributed by atoms with Crippen LogP contribution < -0.4 is 0 Å². The predicted octanol–water partition coefficient (Wildman–Crippen LogP) is 3.49. The van der Waals surface area contributed by atoms with Crippen LogP contribution in [-0.4, -0.2) is 52.2 Å². The summed E-state index contributed by atoms with van der Waals surface area (Å²) in [6, 6.07) is 13.3. The molecule has 158 valence electrons. The quantitative estimate of drug-likeness (QED) is 0.493. The van der Waals surface area contributed by atoms with Crippen LogP contribution in [0.15, 0.2) is 72.0 Å². The second-order valence-electron chi connectivity index (χ2n) is 7.80. The fraction of sp³-hybridized carbons (Fsp3) is 0.217. The highest BCUT2D eigenvalue weighted by atomic mass is 32.2. The summed E-state index contributed by atoms with van der Waals surface area (Å²) in [5.41, 5.74) is 3.89. The van der Waals surface area contributed by atoms with Gasteiger partial charge in [0.1, 0.15) is 4.90 Å². The normalized spacial score (nSPS) is 15.4. The molecule has 0 radical (unpaired) electrons. The van der Waals surface area contributed by atoms with E-state index in [1.54, 1.807) is 24.0 Å². The lowest BCUT2D eigenvalue weighted by atomic mass is 10.00. The summed E-state index contributed by atoms with van der Waals surface area (Å²) >= 11 is 0. The van der Waals surface area contributed by atoms with Crippen molar-refractivity contribution in [2.75, 3.05) is 20.1 Å². The largest absolute Gasteiger partial charge is 0.302 e. The van der Waals surface area contributed by atoms with Gasteiger partial charge in [0, 0.05) is 36.4 Å². The third-order valence-corrected chi connectivity index (χ3v) is 7.55. The fourth-order valence-corrected chi connectivity index (χ4v) is 5.54. The zero-order chi connectivity index (χ0) is 21.6. The molecule has 4 heterocycles. The molecule has 3 aromatic heterocycles. The Morgan fingerprint density at radius 2 is 1.87 bits per heavy atom. The fourth-order valence-electron chi connectivity index (χ4n) is 4.07. The number of hydrogen-bond acceptors (Lipinski definition) is 5. The van der Waals surface area contributed by atoms with Crippen LogP contribution in [0.5, 0.6) is 0 Å². The predicted molar refractivity (Wildman–Crippen MR) is 121 cm³/mol. The molecule has 0 saturated carbocycles. The van der Waals surface area contributed by atoms with E-state index >= 15 is 0 Å². The van der Waals surface area contributed by atoms with Crippen LogP contribution in [0, 0.1) is 6.92 Å². The van der Waals surface area contributed by atoms with E-state index in [1.807, 2.05) is 42.5 Å². The van der Waals surface area contributed by atoms with E-state index in [9.17, 15) is 8.42 Å². The zero-order valence-corrected chi connectivity index (χ0v) is 18.2. The Kier molecular flexibility index (Phi) is 4.75. The lowest BCUT2D eigenvalue weighted by molar-refractivity contribution is 0.370. The summed E-state index contributed by atoms with van der Waals surface area (Å²) in [6.45, 7) is 3.55. The molecule has 0 unspecified atom stereocenters. The molecule has 0 fully saturated rings. The molecule has 1 aliphatic rings. The number of aromatic nitrogens is 4. The minimum Gasteiger partial charge on any atom is -0.302 e. The number of para-hydroxylation sites is 1. The van der Waals surface area contributed by atoms with E-state index in [0.717, 1.165) is 41.7 Å². The molecule has 0 saturated heterocycles. The van der Waals surface area contributed by atoms with Gasteiger partial charge in [-0.2, -0.15) is 5.10 Å². The first-order valence-corrected chi connectivity index (χ1v) is 11.6. The van der Waals surface area contributed by atoms with Crippen LogP contribution in [0.4, 0.5) is 0 Å². The van der Waals surface area contributed by atoms with Crippen LogP contribution in [0.2, 0.25) is 0 Å². The SMILES string of the molecule is Cc1c(S(=O)(=O)n2cc(C3=CCN(C)CC3)c3cccnc32)cnn1-c1ccccc1. The van der Waals surface area contributed by atoms with Gasteiger partial charge in [0.25, 0.3) is 10.0 Å². The first-order valence-electron chi connectivity index (χ1n) is 10.2. The molecule has 1 aliphatic heterocycles. The van der Waals surface area contributed by atoms with Gasteiger partial charge in [-0.3, -0.25) is 0 Å². The van der Waals surface area contributed by atoms with Crippen LogP contribution in [-0.2, 0) is 10.0 Å². The van der Waals surface area contributed by atoms with E-state index in [-0.39, 0.29) is 4.90 Å². The number of hydrogen-bond donors (Lipinski definition) is 0. The lowest BCUT2D eigenvalue weighted by Crippen LogP contribution is -2.23. The van der Waals surface area contributed by atoms with Crippen molar-refractivity contribution in [1.29, 1.82) is 0 Å². The van der Waals surface area contributed by atoms with Crippen molar-refractivity contribution in [3.63, 3.8) is 0 Å². The highest BCUT2D eigenvalue weighted by molar-refractivity contribution is 7.90. The topological polar surface area (TPSA) is 73.0 Å². The summed E-state index contributed by atoms with van der Waals surface area (Å²) in [6.07, 6.45) is 7.79. The Morgan fingerprint density at radius 1 is 1.06 bits per heavy atom. The second kappa shape index (κ2) is 7.47. The van der Waals surface area contributed by atoms with Crippen LogP contribution in [0.3, 0.4) is 0 Å². The van der Waals surface area contributed by atoms with E-state index in [4.69, 9.17) is 0 Å². The van der Waals surface area contributed by atoms with Gasteiger partial charge in [0.05, 0.1) is 17.6 Å². The highest BCUT2D eigenvalue weighted by Gasteiger charge is 2.27. The number of nitrogens with zero attached hydrogens (tertiary/aromatic N) is 5. The third kappa shape index (κ3) is 3.28. The van der Waals surface area contributed by atoms with Crippen LogP contribution >= 0.6 is 0 Å². The standard InChI is InChI=1S/C23H23N5O2S/c1-17-22(15-25-28(17)19-7-4-3-5-8-19)31(29,30)27-16-21(18-10-13-26(2)14-11-18)20-9-6-12-24-23(20)27/h3-10,12,15-16H,11,13-14H2,1-2H3. The molecular formula is C23H23N5O2S. The van der Waals surface area contributed by atoms with Crippen molar-refractivity contribution in [1.82, 2.24) is 23.6 Å². The van der Waals surface area contributed by atoms with Crippen molar-refractivity contribution < 1.29 is 8.42 Å². The molecule has 5 rings (SSSR count). The van der Waals surface area contributed by atoms with E-state index in [0.29, 0.717) is 11.3 Å². The van der Waals surface area contributed by atoms with Crippen molar-refractivity contribution in [3.05, 3.63) is 78.4 Å². The Labute approximate surface area is 181 Å². The van der Waals surface area contributed by atoms with E-state index < -0.39 is 10.0 Å². The van der Waals surface area contributed by atoms with Crippen molar-refractivity contribution >= 4 is 26.6 Å². The maximum Gasteiger partial charge on any atom is 0.272 e. The Hall–Kier alpha value is -3.23. The van der Waals surface area contributed by atoms with Gasteiger partial charge in [0.15, 0.2) is 5.65 Å². The van der Waals surface area contributed by atoms with Gasteiger partial charge in [-0.05, 0) is 50.2 Å². The minimum absolute atomic E-state index is 0.169. The maximum absolute atomic E-state index is 13.7. The molecule has 7 nitrogen and oxygen atoms in total. The van der Waals surface area contributed by atoms with E-state index in [2.05, 4.69) is 28.1 Å². The van der Waals surface area contributed by atoms with Gasteiger partial charge >= 0.3 is 0 Å². The zero-order valence-electron chi connectivity index (χ0n) is 17.4. The molecule has 0 N–H and O–H groups in total. The summed E-state index contributed by atoms with van der Waals surface area (Å²) in [5.74, 6) is 0. The van der Waals surface area contributed by atoms with Crippen molar-refractivity contribution in [2.24, 2.45) is 0 Å². The monoisotopic (exact) mass is 433 g/mol. The number of pyridine rings is 1. The molecule has 1 aromatic carbocycles. The maximum atomic E-state index is 13.7. The molecule has 0 atom stereocenters. The Morgan fingerprint density at radius 3 is 2.61 bits per heavy atom. The number of likely N-dealkylation sites (N-methyl/N-ethyl adjacent to an activating group) is 1. The van der Waals surface area contributed by atoms with Gasteiger partial charge in [-0.1, -0.05) is 24.3 Å². The molecule has 0 bridgehead atoms. The molecule has 0 spiro atoms. The summed E-state index contributed by atoms with van der Waals surface area (Å²) in [4.78, 5) is 6.82. The van der Waals surface area contributed by atoms with Crippen molar-refractivity contribution in [2.45, 2.75) is 18.2 Å². The minimum atomic E-state index is -3.88. The molecule has 8 heteroatoms. The van der Waals surface area contributed by atoms with Crippen molar-refractivity contribution in [3.8, 4) is 5.69 Å². The Balaban J connectivity index is 1.66. The molecular weight excluding hydrogens is 410 g/mol. The third-order valence-electron chi connectivity index (χ3n) is 5.79. The van der Waals surface area contributed by atoms with Gasteiger partial charge in [-0.25, -0.2) is 22.1 Å². The number of fused-ring (bicyclic) bond motifs is 1. The molecule has 31 heavy (non-hydrogen) atoms. The highest BCUT2D eigenvalue weighted by Crippen LogP contribution is 2.32. The average molecular weight is 434 g/mol. The average Bonchev–Trinajstić information content (AvgIpc) is 3.37. The van der Waals surface area contributed by atoms with Gasteiger partial charge < -0.3 is 4.90 Å². The van der Waals surface area contributed by atoms with E-state index in [1.165, 1.54) is 10.2 Å². The van der Waals surface area contributed by atoms with Crippen LogP contribution in [0.25, 0.3) is 22.3 Å². The molecule has 0 aliphatic carbocycles. The summed E-state index contributed by atoms with van der Waals surface area (Å²) < 4.78 is 30.4. The number of rotatable bonds is 4. The summed E-state index contributed by atoms with van der Waals surface area (Å²) in [7, 11) is -1.80. The number of benzene rings is 1. The lowest BCUT2D eigenvalue weighted by Gasteiger charge is -2.21.